The lowest BCUT2D eigenvalue weighted by Gasteiger charge is -2.00. The van der Waals surface area contributed by atoms with Crippen molar-refractivity contribution in [3.05, 3.63) is 24.3 Å². The summed E-state index contributed by atoms with van der Waals surface area (Å²) in [5.74, 6) is -0.268. The van der Waals surface area contributed by atoms with Gasteiger partial charge >= 0.3 is 5.97 Å². The molecule has 0 aliphatic carbocycles. The van der Waals surface area contributed by atoms with Crippen molar-refractivity contribution in [2.45, 2.75) is 19.9 Å². The van der Waals surface area contributed by atoms with E-state index in [0.29, 0.717) is 5.82 Å². The Hall–Kier alpha value is -1.58. The van der Waals surface area contributed by atoms with Crippen LogP contribution in [0.2, 0.25) is 0 Å². The van der Waals surface area contributed by atoms with Gasteiger partial charge in [-0.2, -0.15) is 0 Å². The van der Waals surface area contributed by atoms with Crippen molar-refractivity contribution in [2.75, 3.05) is 0 Å². The number of rotatable bonds is 4. The molecule has 0 unspecified atom stereocenters. The first-order chi connectivity index (χ1) is 6.24. The second-order valence-electron chi connectivity index (χ2n) is 2.65. The van der Waals surface area contributed by atoms with Crippen molar-refractivity contribution in [1.82, 2.24) is 9.55 Å². The molecule has 0 aliphatic heterocycles. The second kappa shape index (κ2) is 4.45. The number of carboxylic acid groups (broad SMARTS) is 1. The lowest BCUT2D eigenvalue weighted by molar-refractivity contribution is -0.131. The maximum atomic E-state index is 10.2. The Labute approximate surface area is 76.5 Å². The van der Waals surface area contributed by atoms with Crippen LogP contribution in [-0.2, 0) is 11.3 Å². The first-order valence-corrected chi connectivity index (χ1v) is 4.16. The van der Waals surface area contributed by atoms with Crippen LogP contribution in [0, 0.1) is 0 Å². The van der Waals surface area contributed by atoms with Gasteiger partial charge in [0.05, 0.1) is 0 Å². The molecule has 0 aliphatic rings. The van der Waals surface area contributed by atoms with Crippen LogP contribution in [0.4, 0.5) is 0 Å². The van der Waals surface area contributed by atoms with Gasteiger partial charge in [-0.25, -0.2) is 9.78 Å². The summed E-state index contributed by atoms with van der Waals surface area (Å²) in [7, 11) is 0. The van der Waals surface area contributed by atoms with E-state index in [4.69, 9.17) is 5.11 Å². The molecule has 1 rings (SSSR count). The minimum absolute atomic E-state index is 0.684. The van der Waals surface area contributed by atoms with Crippen LogP contribution >= 0.6 is 0 Å². The highest BCUT2D eigenvalue weighted by Crippen LogP contribution is 2.01. The SMILES string of the molecule is CCCn1ccnc1C=CC(=O)O. The molecule has 1 N–H and O–H groups in total. The van der Waals surface area contributed by atoms with E-state index in [9.17, 15) is 4.79 Å². The molecule has 1 aromatic heterocycles. The van der Waals surface area contributed by atoms with E-state index >= 15 is 0 Å². The van der Waals surface area contributed by atoms with Crippen molar-refractivity contribution in [3.63, 3.8) is 0 Å². The molecule has 0 aromatic carbocycles. The van der Waals surface area contributed by atoms with Crippen LogP contribution < -0.4 is 0 Å². The molecule has 0 saturated carbocycles. The Morgan fingerprint density at radius 3 is 3.15 bits per heavy atom. The van der Waals surface area contributed by atoms with Crippen LogP contribution in [-0.4, -0.2) is 20.6 Å². The second-order valence-corrected chi connectivity index (χ2v) is 2.65. The van der Waals surface area contributed by atoms with Crippen molar-refractivity contribution in [3.8, 4) is 0 Å². The van der Waals surface area contributed by atoms with Gasteiger partial charge in [0, 0.05) is 25.0 Å². The number of hydrogen-bond donors (Lipinski definition) is 1. The molecule has 0 radical (unpaired) electrons. The van der Waals surface area contributed by atoms with Crippen LogP contribution in [0.5, 0.6) is 0 Å². The zero-order valence-electron chi connectivity index (χ0n) is 7.47. The summed E-state index contributed by atoms with van der Waals surface area (Å²) in [6.07, 6.45) is 7.10. The molecule has 0 bridgehead atoms. The summed E-state index contributed by atoms with van der Waals surface area (Å²) in [4.78, 5) is 14.3. The van der Waals surface area contributed by atoms with Gasteiger partial charge < -0.3 is 9.67 Å². The maximum absolute atomic E-state index is 10.2. The minimum Gasteiger partial charge on any atom is -0.478 e. The van der Waals surface area contributed by atoms with Crippen molar-refractivity contribution >= 4 is 12.0 Å². The number of carbonyl (C=O) groups is 1. The summed E-state index contributed by atoms with van der Waals surface area (Å²) < 4.78 is 1.92. The zero-order chi connectivity index (χ0) is 9.68. The fraction of sp³-hybridized carbons (Fsp3) is 0.333. The Morgan fingerprint density at radius 1 is 1.77 bits per heavy atom. The summed E-state index contributed by atoms with van der Waals surface area (Å²) >= 11 is 0. The standard InChI is InChI=1S/C9H12N2O2/c1-2-6-11-7-5-10-8(11)3-4-9(12)13/h3-5,7H,2,6H2,1H3,(H,12,13). The van der Waals surface area contributed by atoms with Crippen LogP contribution in [0.1, 0.15) is 19.2 Å². The van der Waals surface area contributed by atoms with E-state index < -0.39 is 5.97 Å². The predicted octanol–water partition coefficient (Wildman–Crippen LogP) is 1.39. The summed E-state index contributed by atoms with van der Waals surface area (Å²) in [5.41, 5.74) is 0. The van der Waals surface area contributed by atoms with Gasteiger partial charge in [-0.3, -0.25) is 0 Å². The monoisotopic (exact) mass is 180 g/mol. The lowest BCUT2D eigenvalue weighted by atomic mass is 10.4. The molecule has 0 spiro atoms. The van der Waals surface area contributed by atoms with Gasteiger partial charge in [0.2, 0.25) is 0 Å². The molecule has 4 heteroatoms. The third kappa shape index (κ3) is 2.74. The molecule has 1 aromatic rings. The Bertz CT molecular complexity index is 315. The van der Waals surface area contributed by atoms with Gasteiger partial charge in [0.25, 0.3) is 0 Å². The van der Waals surface area contributed by atoms with E-state index in [1.165, 1.54) is 6.08 Å². The van der Waals surface area contributed by atoms with Crippen molar-refractivity contribution < 1.29 is 9.90 Å². The molecular formula is C9H12N2O2. The van der Waals surface area contributed by atoms with E-state index in [0.717, 1.165) is 19.0 Å². The van der Waals surface area contributed by atoms with Crippen molar-refractivity contribution in [2.24, 2.45) is 0 Å². The van der Waals surface area contributed by atoms with Gasteiger partial charge in [0.15, 0.2) is 0 Å². The predicted molar refractivity (Wildman–Crippen MR) is 49.2 cm³/mol. The van der Waals surface area contributed by atoms with Crippen LogP contribution in [0.25, 0.3) is 6.08 Å². The van der Waals surface area contributed by atoms with Crippen molar-refractivity contribution in [1.29, 1.82) is 0 Å². The summed E-state index contributed by atoms with van der Waals surface area (Å²) in [5, 5.41) is 8.41. The third-order valence-electron chi connectivity index (χ3n) is 1.59. The zero-order valence-corrected chi connectivity index (χ0v) is 7.47. The Kier molecular flexibility index (Phi) is 3.25. The smallest absolute Gasteiger partial charge is 0.328 e. The number of imidazole rings is 1. The molecule has 70 valence electrons. The highest BCUT2D eigenvalue weighted by molar-refractivity contribution is 5.84. The number of carboxylic acids is 1. The fourth-order valence-corrected chi connectivity index (χ4v) is 1.06. The fourth-order valence-electron chi connectivity index (χ4n) is 1.06. The number of aryl methyl sites for hydroxylation is 1. The Morgan fingerprint density at radius 2 is 2.54 bits per heavy atom. The average molecular weight is 180 g/mol. The molecule has 0 amide bonds. The number of hydrogen-bond acceptors (Lipinski definition) is 2. The van der Waals surface area contributed by atoms with E-state index in [1.807, 2.05) is 10.8 Å². The van der Waals surface area contributed by atoms with E-state index in [1.54, 1.807) is 6.20 Å². The molecule has 1 heterocycles. The molecule has 0 fully saturated rings. The largest absolute Gasteiger partial charge is 0.478 e. The molecular weight excluding hydrogens is 168 g/mol. The highest BCUT2D eigenvalue weighted by Gasteiger charge is 1.97. The lowest BCUT2D eigenvalue weighted by Crippen LogP contribution is -1.98. The van der Waals surface area contributed by atoms with E-state index in [-0.39, 0.29) is 0 Å². The molecule has 4 nitrogen and oxygen atoms in total. The maximum Gasteiger partial charge on any atom is 0.328 e. The normalized spacial score (nSPS) is 10.8. The van der Waals surface area contributed by atoms with Gasteiger partial charge in [-0.1, -0.05) is 6.92 Å². The van der Waals surface area contributed by atoms with Gasteiger partial charge in [-0.05, 0) is 12.5 Å². The summed E-state index contributed by atoms with van der Waals surface area (Å²) in [6, 6.07) is 0. The number of nitrogens with zero attached hydrogens (tertiary/aromatic N) is 2. The quantitative estimate of drug-likeness (QED) is 0.712. The number of aliphatic carboxylic acids is 1. The summed E-state index contributed by atoms with van der Waals surface area (Å²) in [6.45, 7) is 2.92. The highest BCUT2D eigenvalue weighted by atomic mass is 16.4. The minimum atomic E-state index is -0.953. The Balaban J connectivity index is 2.75. The molecule has 0 saturated heterocycles. The third-order valence-corrected chi connectivity index (χ3v) is 1.59. The van der Waals surface area contributed by atoms with Crippen LogP contribution in [0.15, 0.2) is 18.5 Å². The molecule has 0 atom stereocenters. The molecule has 13 heavy (non-hydrogen) atoms. The average Bonchev–Trinajstić information content (AvgIpc) is 2.49. The van der Waals surface area contributed by atoms with Gasteiger partial charge in [0.1, 0.15) is 5.82 Å². The van der Waals surface area contributed by atoms with Gasteiger partial charge in [-0.15, -0.1) is 0 Å². The first-order valence-electron chi connectivity index (χ1n) is 4.16. The van der Waals surface area contributed by atoms with E-state index in [2.05, 4.69) is 11.9 Å². The number of aromatic nitrogens is 2. The topological polar surface area (TPSA) is 55.1 Å². The van der Waals surface area contributed by atoms with Crippen LogP contribution in [0.3, 0.4) is 0 Å². The first kappa shape index (κ1) is 9.51.